The Morgan fingerprint density at radius 3 is 2.72 bits per heavy atom. The summed E-state index contributed by atoms with van der Waals surface area (Å²) in [5, 5.41) is 3.17. The van der Waals surface area contributed by atoms with Crippen molar-refractivity contribution >= 4 is 38.7 Å². The number of carbonyl (C=O) groups is 1. The number of carbonyl (C=O) groups excluding carboxylic acids is 1. The van der Waals surface area contributed by atoms with E-state index in [1.165, 1.54) is 11.8 Å². The van der Waals surface area contributed by atoms with Crippen LogP contribution in [0.5, 0.6) is 0 Å². The first-order valence-corrected chi connectivity index (χ1v) is 12.3. The second-order valence-electron chi connectivity index (χ2n) is 7.05. The molecule has 0 bridgehead atoms. The number of nitrogens with one attached hydrogen (secondary N) is 1. The van der Waals surface area contributed by atoms with Crippen LogP contribution >= 0.6 is 11.8 Å². The molecule has 0 saturated carbocycles. The van der Waals surface area contributed by atoms with Crippen molar-refractivity contribution in [3.8, 4) is 0 Å². The summed E-state index contributed by atoms with van der Waals surface area (Å²) >= 11 is 1.37. The molecule has 1 N–H and O–H groups in total. The zero-order chi connectivity index (χ0) is 21.0. The summed E-state index contributed by atoms with van der Waals surface area (Å²) < 4.78 is 29.5. The van der Waals surface area contributed by atoms with Gasteiger partial charge in [-0.05, 0) is 44.9 Å². The molecule has 7 nitrogen and oxygen atoms in total. The molecule has 3 rings (SSSR count). The van der Waals surface area contributed by atoms with Crippen LogP contribution in [-0.2, 0) is 21.4 Å². The first-order chi connectivity index (χ1) is 13.9. The van der Waals surface area contributed by atoms with Crippen LogP contribution in [0.1, 0.15) is 33.1 Å². The maximum atomic E-state index is 13.0. The van der Waals surface area contributed by atoms with Gasteiger partial charge in [0.25, 0.3) is 0 Å². The first-order valence-electron chi connectivity index (χ1n) is 9.94. The van der Waals surface area contributed by atoms with E-state index in [-0.39, 0.29) is 16.1 Å². The van der Waals surface area contributed by atoms with Gasteiger partial charge in [0.1, 0.15) is 0 Å². The van der Waals surface area contributed by atoms with E-state index in [1.54, 1.807) is 22.5 Å². The average molecular weight is 437 g/mol. The molecule has 1 fully saturated rings. The number of hydrogen-bond donors (Lipinski definition) is 1. The molecule has 1 unspecified atom stereocenters. The number of sulfonamides is 1. The van der Waals surface area contributed by atoms with Gasteiger partial charge in [0.15, 0.2) is 5.16 Å². The summed E-state index contributed by atoms with van der Waals surface area (Å²) in [5.41, 5.74) is 1.50. The standard InChI is InChI=1S/C20H28N4O3S2/c1-4-11-21-19(25)15(3)28-20-22-17-14-16(9-10-18(17)24(20)5-2)29(26,27)23-12-7-6-8-13-23/h4,9-10,14-15H,1,5-8,11-13H2,2-3H3,(H,21,25). The number of imidazole rings is 1. The van der Waals surface area contributed by atoms with Gasteiger partial charge in [-0.25, -0.2) is 13.4 Å². The molecule has 1 aliphatic rings. The van der Waals surface area contributed by atoms with E-state index in [0.29, 0.717) is 36.9 Å². The van der Waals surface area contributed by atoms with Crippen LogP contribution in [-0.4, -0.2) is 53.1 Å². The number of aromatic nitrogens is 2. The number of piperidine rings is 1. The summed E-state index contributed by atoms with van der Waals surface area (Å²) in [5.74, 6) is -0.0852. The van der Waals surface area contributed by atoms with Crippen LogP contribution in [0.25, 0.3) is 11.0 Å². The SMILES string of the molecule is C=CCNC(=O)C(C)Sc1nc2cc(S(=O)(=O)N3CCCCC3)ccc2n1CC. The Labute approximate surface area is 176 Å². The number of hydrogen-bond acceptors (Lipinski definition) is 5. The molecule has 1 amide bonds. The van der Waals surface area contributed by atoms with Gasteiger partial charge in [-0.3, -0.25) is 4.79 Å². The molecule has 1 saturated heterocycles. The normalized spacial score (nSPS) is 16.6. The van der Waals surface area contributed by atoms with E-state index in [9.17, 15) is 13.2 Å². The maximum Gasteiger partial charge on any atom is 0.243 e. The molecular formula is C20H28N4O3S2. The third kappa shape index (κ3) is 4.67. The van der Waals surface area contributed by atoms with E-state index in [1.807, 2.05) is 24.5 Å². The quantitative estimate of drug-likeness (QED) is 0.508. The highest BCUT2D eigenvalue weighted by atomic mass is 32.2. The summed E-state index contributed by atoms with van der Waals surface area (Å²) in [6.45, 7) is 9.68. The summed E-state index contributed by atoms with van der Waals surface area (Å²) in [6.07, 6.45) is 4.52. The van der Waals surface area contributed by atoms with Gasteiger partial charge >= 0.3 is 0 Å². The van der Waals surface area contributed by atoms with Crippen molar-refractivity contribution < 1.29 is 13.2 Å². The van der Waals surface area contributed by atoms with E-state index in [2.05, 4.69) is 16.9 Å². The predicted octanol–water partition coefficient (Wildman–Crippen LogP) is 3.01. The summed E-state index contributed by atoms with van der Waals surface area (Å²) in [7, 11) is -3.51. The van der Waals surface area contributed by atoms with Crippen LogP contribution < -0.4 is 5.32 Å². The lowest BCUT2D eigenvalue weighted by molar-refractivity contribution is -0.120. The highest BCUT2D eigenvalue weighted by molar-refractivity contribution is 8.00. The summed E-state index contributed by atoms with van der Waals surface area (Å²) in [4.78, 5) is 17.1. The van der Waals surface area contributed by atoms with Gasteiger partial charge in [-0.1, -0.05) is 24.3 Å². The minimum absolute atomic E-state index is 0.0852. The second-order valence-corrected chi connectivity index (χ2v) is 10.3. The Bertz CT molecular complexity index is 995. The second kappa shape index (κ2) is 9.32. The molecule has 0 spiro atoms. The Balaban J connectivity index is 1.89. The highest BCUT2D eigenvalue weighted by Crippen LogP contribution is 2.30. The van der Waals surface area contributed by atoms with Gasteiger partial charge in [0, 0.05) is 26.2 Å². The van der Waals surface area contributed by atoms with Crippen molar-refractivity contribution in [1.29, 1.82) is 0 Å². The lowest BCUT2D eigenvalue weighted by Gasteiger charge is -2.25. The maximum absolute atomic E-state index is 13.0. The molecule has 29 heavy (non-hydrogen) atoms. The van der Waals surface area contributed by atoms with Gasteiger partial charge < -0.3 is 9.88 Å². The molecular weight excluding hydrogens is 408 g/mol. The lowest BCUT2D eigenvalue weighted by Crippen LogP contribution is -2.35. The van der Waals surface area contributed by atoms with E-state index < -0.39 is 10.0 Å². The third-order valence-electron chi connectivity index (χ3n) is 5.03. The predicted molar refractivity (Wildman–Crippen MR) is 117 cm³/mol. The minimum Gasteiger partial charge on any atom is -0.352 e. The van der Waals surface area contributed by atoms with E-state index in [4.69, 9.17) is 0 Å². The number of amides is 1. The number of aryl methyl sites for hydroxylation is 1. The zero-order valence-corrected chi connectivity index (χ0v) is 18.6. The Morgan fingerprint density at radius 1 is 1.34 bits per heavy atom. The molecule has 1 aromatic heterocycles. The van der Waals surface area contributed by atoms with E-state index in [0.717, 1.165) is 24.8 Å². The van der Waals surface area contributed by atoms with Gasteiger partial charge in [-0.15, -0.1) is 6.58 Å². The van der Waals surface area contributed by atoms with Crippen molar-refractivity contribution in [2.24, 2.45) is 0 Å². The van der Waals surface area contributed by atoms with Crippen LogP contribution in [0.3, 0.4) is 0 Å². The molecule has 0 aliphatic carbocycles. The molecule has 2 aromatic rings. The largest absolute Gasteiger partial charge is 0.352 e. The number of fused-ring (bicyclic) bond motifs is 1. The van der Waals surface area contributed by atoms with Crippen molar-refractivity contribution in [1.82, 2.24) is 19.2 Å². The first kappa shape index (κ1) is 21.9. The fourth-order valence-corrected chi connectivity index (χ4v) is 5.98. The topological polar surface area (TPSA) is 84.3 Å². The molecule has 1 atom stereocenters. The Hall–Kier alpha value is -1.84. The number of nitrogens with zero attached hydrogens (tertiary/aromatic N) is 3. The minimum atomic E-state index is -3.51. The Kier molecular flexibility index (Phi) is 7.02. The molecule has 158 valence electrons. The third-order valence-corrected chi connectivity index (χ3v) is 8.01. The average Bonchev–Trinajstić information content (AvgIpc) is 3.08. The highest BCUT2D eigenvalue weighted by Gasteiger charge is 2.27. The smallest absolute Gasteiger partial charge is 0.243 e. The fraction of sp³-hybridized carbons (Fsp3) is 0.500. The number of benzene rings is 1. The zero-order valence-electron chi connectivity index (χ0n) is 16.9. The monoisotopic (exact) mass is 436 g/mol. The van der Waals surface area contributed by atoms with Crippen LogP contribution in [0.2, 0.25) is 0 Å². The van der Waals surface area contributed by atoms with Crippen LogP contribution in [0.4, 0.5) is 0 Å². The Morgan fingerprint density at radius 2 is 2.07 bits per heavy atom. The van der Waals surface area contributed by atoms with Crippen molar-refractivity contribution in [2.45, 2.75) is 55.0 Å². The molecule has 1 aromatic carbocycles. The lowest BCUT2D eigenvalue weighted by atomic mass is 10.2. The number of thioether (sulfide) groups is 1. The molecule has 1 aliphatic heterocycles. The van der Waals surface area contributed by atoms with Crippen molar-refractivity contribution in [3.63, 3.8) is 0 Å². The van der Waals surface area contributed by atoms with Crippen LogP contribution in [0, 0.1) is 0 Å². The van der Waals surface area contributed by atoms with Gasteiger partial charge in [0.2, 0.25) is 15.9 Å². The van der Waals surface area contributed by atoms with Gasteiger partial charge in [0.05, 0.1) is 21.2 Å². The van der Waals surface area contributed by atoms with E-state index >= 15 is 0 Å². The molecule has 9 heteroatoms. The fourth-order valence-electron chi connectivity index (χ4n) is 3.43. The van der Waals surface area contributed by atoms with Crippen molar-refractivity contribution in [3.05, 3.63) is 30.9 Å². The van der Waals surface area contributed by atoms with Crippen molar-refractivity contribution in [2.75, 3.05) is 19.6 Å². The number of rotatable bonds is 8. The molecule has 0 radical (unpaired) electrons. The molecule has 2 heterocycles. The van der Waals surface area contributed by atoms with Crippen LogP contribution in [0.15, 0.2) is 40.9 Å². The van der Waals surface area contributed by atoms with Gasteiger partial charge in [-0.2, -0.15) is 4.31 Å². The summed E-state index contributed by atoms with van der Waals surface area (Å²) in [6, 6.07) is 5.13.